The number of fused-ring (bicyclic) bond motifs is 1. The van der Waals surface area contributed by atoms with E-state index in [-0.39, 0.29) is 48.8 Å². The molecule has 1 saturated heterocycles. The quantitative estimate of drug-likeness (QED) is 0.794. The van der Waals surface area contributed by atoms with Crippen molar-refractivity contribution in [2.75, 3.05) is 0 Å². The van der Waals surface area contributed by atoms with Gasteiger partial charge in [-0.15, -0.1) is 12.4 Å². The van der Waals surface area contributed by atoms with Crippen LogP contribution >= 0.6 is 12.4 Å². The Morgan fingerprint density at radius 3 is 2.41 bits per heavy atom. The van der Waals surface area contributed by atoms with E-state index in [0.29, 0.717) is 30.6 Å². The van der Waals surface area contributed by atoms with Crippen molar-refractivity contribution in [3.8, 4) is 5.75 Å². The predicted molar refractivity (Wildman–Crippen MR) is 100 cm³/mol. The highest BCUT2D eigenvalue weighted by Crippen LogP contribution is 2.31. The molecule has 0 unspecified atom stereocenters. The van der Waals surface area contributed by atoms with Gasteiger partial charge in [0.1, 0.15) is 11.9 Å². The number of piperidine rings is 1. The maximum absolute atomic E-state index is 12.7. The summed E-state index contributed by atoms with van der Waals surface area (Å²) < 4.78 is 6.05. The minimum Gasteiger partial charge on any atom is -0.489 e. The summed E-state index contributed by atoms with van der Waals surface area (Å²) in [6, 6.07) is 5.33. The molecule has 1 aromatic rings. The number of nitrogens with two attached hydrogens (primary N) is 1. The molecule has 2 fully saturated rings. The smallest absolute Gasteiger partial charge is 0.273 e. The van der Waals surface area contributed by atoms with E-state index in [0.717, 1.165) is 36.3 Å². The van der Waals surface area contributed by atoms with Crippen LogP contribution in [0.2, 0.25) is 0 Å². The van der Waals surface area contributed by atoms with Gasteiger partial charge in [-0.05, 0) is 49.4 Å². The van der Waals surface area contributed by atoms with Gasteiger partial charge >= 0.3 is 0 Å². The number of carbonyl (C=O) groups is 3. The van der Waals surface area contributed by atoms with E-state index in [1.165, 1.54) is 5.01 Å². The molecule has 4 rings (SSSR count). The highest BCUT2D eigenvalue weighted by Gasteiger charge is 2.39. The zero-order valence-electron chi connectivity index (χ0n) is 15.1. The molecule has 8 heteroatoms. The molecule has 2 heterocycles. The SMILES string of the molecule is Cl.N[C@H]1CCCC[C@H]1Oc1ccc2c(c1)CN(N1C(=O)CCCC1=O)C2=O. The van der Waals surface area contributed by atoms with Crippen LogP contribution in [0.5, 0.6) is 5.75 Å². The van der Waals surface area contributed by atoms with Crippen LogP contribution in [0.15, 0.2) is 18.2 Å². The van der Waals surface area contributed by atoms with Gasteiger partial charge in [-0.1, -0.05) is 6.42 Å². The summed E-state index contributed by atoms with van der Waals surface area (Å²) in [5, 5.41) is 2.27. The molecule has 7 nitrogen and oxygen atoms in total. The largest absolute Gasteiger partial charge is 0.489 e. The Hall–Kier alpha value is -2.12. The van der Waals surface area contributed by atoms with Gasteiger partial charge < -0.3 is 10.5 Å². The van der Waals surface area contributed by atoms with Crippen LogP contribution in [0.4, 0.5) is 0 Å². The first-order chi connectivity index (χ1) is 12.5. The fourth-order valence-electron chi connectivity index (χ4n) is 3.97. The van der Waals surface area contributed by atoms with Crippen LogP contribution < -0.4 is 10.5 Å². The number of benzene rings is 1. The molecule has 3 aliphatic rings. The zero-order chi connectivity index (χ0) is 18.3. The van der Waals surface area contributed by atoms with Gasteiger partial charge in [-0.2, -0.15) is 5.01 Å². The minimum atomic E-state index is -0.315. The lowest BCUT2D eigenvalue weighted by molar-refractivity contribution is -0.163. The van der Waals surface area contributed by atoms with Crippen LogP contribution in [0.3, 0.4) is 0 Å². The van der Waals surface area contributed by atoms with Crippen molar-refractivity contribution in [3.05, 3.63) is 29.3 Å². The molecule has 2 atom stereocenters. The highest BCUT2D eigenvalue weighted by atomic mass is 35.5. The summed E-state index contributed by atoms with van der Waals surface area (Å²) in [5.41, 5.74) is 7.42. The third-order valence-electron chi connectivity index (χ3n) is 5.40. The first-order valence-electron chi connectivity index (χ1n) is 9.27. The molecule has 0 spiro atoms. The van der Waals surface area contributed by atoms with Crippen molar-refractivity contribution in [2.45, 2.75) is 63.6 Å². The third kappa shape index (κ3) is 3.66. The minimum absolute atomic E-state index is 0. The number of imide groups is 1. The zero-order valence-corrected chi connectivity index (χ0v) is 15.9. The lowest BCUT2D eigenvalue weighted by Crippen LogP contribution is -2.51. The average molecular weight is 394 g/mol. The second kappa shape index (κ2) is 7.86. The molecule has 3 amide bonds. The van der Waals surface area contributed by atoms with E-state index in [1.807, 2.05) is 6.07 Å². The van der Waals surface area contributed by atoms with Crippen molar-refractivity contribution in [1.82, 2.24) is 10.0 Å². The van der Waals surface area contributed by atoms with Gasteiger partial charge in [0, 0.05) is 24.4 Å². The number of hydrogen-bond donors (Lipinski definition) is 1. The standard InChI is InChI=1S/C19H23N3O4.ClH/c20-15-4-1-2-5-16(15)26-13-8-9-14-12(10-13)11-21(19(14)25)22-17(23)6-3-7-18(22)24;/h8-10,15-16H,1-7,11,20H2;1H/t15-,16+;/m0./s1. The Bertz CT molecular complexity index is 753. The van der Waals surface area contributed by atoms with Crippen LogP contribution in [-0.4, -0.2) is 39.9 Å². The average Bonchev–Trinajstić information content (AvgIpc) is 2.93. The van der Waals surface area contributed by atoms with Gasteiger partial charge in [0.05, 0.1) is 6.54 Å². The van der Waals surface area contributed by atoms with E-state index in [4.69, 9.17) is 10.5 Å². The first-order valence-corrected chi connectivity index (χ1v) is 9.27. The molecule has 0 aromatic heterocycles. The summed E-state index contributed by atoms with van der Waals surface area (Å²) in [5.74, 6) is -0.263. The third-order valence-corrected chi connectivity index (χ3v) is 5.40. The summed E-state index contributed by atoms with van der Waals surface area (Å²) in [6.45, 7) is 0.208. The number of hydrogen-bond acceptors (Lipinski definition) is 5. The maximum Gasteiger partial charge on any atom is 0.273 e. The van der Waals surface area contributed by atoms with Gasteiger partial charge in [-0.3, -0.25) is 14.4 Å². The van der Waals surface area contributed by atoms with E-state index in [1.54, 1.807) is 12.1 Å². The molecule has 2 aliphatic heterocycles. The van der Waals surface area contributed by atoms with Gasteiger partial charge in [0.25, 0.3) is 5.91 Å². The topological polar surface area (TPSA) is 92.9 Å². The van der Waals surface area contributed by atoms with Crippen molar-refractivity contribution in [1.29, 1.82) is 0 Å². The lowest BCUT2D eigenvalue weighted by Gasteiger charge is -2.32. The van der Waals surface area contributed by atoms with E-state index in [2.05, 4.69) is 0 Å². The van der Waals surface area contributed by atoms with Crippen LogP contribution in [0.25, 0.3) is 0 Å². The molecule has 1 saturated carbocycles. The van der Waals surface area contributed by atoms with Gasteiger partial charge in [0.15, 0.2) is 0 Å². The maximum atomic E-state index is 12.7. The molecular weight excluding hydrogens is 370 g/mol. The fourth-order valence-corrected chi connectivity index (χ4v) is 3.97. The number of rotatable bonds is 3. The highest BCUT2D eigenvalue weighted by molar-refractivity contribution is 6.04. The molecule has 0 radical (unpaired) electrons. The number of hydrazine groups is 1. The molecule has 27 heavy (non-hydrogen) atoms. The van der Waals surface area contributed by atoms with Crippen molar-refractivity contribution >= 4 is 30.1 Å². The first kappa shape index (κ1) is 19.6. The second-order valence-corrected chi connectivity index (χ2v) is 7.24. The molecular formula is C19H24ClN3O4. The summed E-state index contributed by atoms with van der Waals surface area (Å²) in [6.07, 6.45) is 5.24. The lowest BCUT2D eigenvalue weighted by atomic mass is 9.93. The van der Waals surface area contributed by atoms with Crippen LogP contribution in [-0.2, 0) is 16.1 Å². The normalized spacial score (nSPS) is 25.3. The number of halogens is 1. The van der Waals surface area contributed by atoms with Crippen LogP contribution in [0.1, 0.15) is 60.9 Å². The number of nitrogens with zero attached hydrogens (tertiary/aromatic N) is 2. The van der Waals surface area contributed by atoms with Crippen molar-refractivity contribution in [2.24, 2.45) is 5.73 Å². The Kier molecular flexibility index (Phi) is 5.72. The van der Waals surface area contributed by atoms with E-state index < -0.39 is 0 Å². The summed E-state index contributed by atoms with van der Waals surface area (Å²) in [7, 11) is 0. The van der Waals surface area contributed by atoms with Crippen molar-refractivity contribution < 1.29 is 19.1 Å². The molecule has 0 bridgehead atoms. The molecule has 1 aliphatic carbocycles. The van der Waals surface area contributed by atoms with Gasteiger partial charge in [-0.25, -0.2) is 5.01 Å². The monoisotopic (exact) mass is 393 g/mol. The van der Waals surface area contributed by atoms with Crippen molar-refractivity contribution in [3.63, 3.8) is 0 Å². The Balaban J connectivity index is 0.00000210. The number of ether oxygens (including phenoxy) is 1. The van der Waals surface area contributed by atoms with E-state index >= 15 is 0 Å². The number of carbonyl (C=O) groups excluding carboxylic acids is 3. The Morgan fingerprint density at radius 1 is 1.00 bits per heavy atom. The van der Waals surface area contributed by atoms with Crippen LogP contribution in [0, 0.1) is 0 Å². The molecule has 2 N–H and O–H groups in total. The fraction of sp³-hybridized carbons (Fsp3) is 0.526. The second-order valence-electron chi connectivity index (χ2n) is 7.24. The van der Waals surface area contributed by atoms with Gasteiger partial charge in [0.2, 0.25) is 11.8 Å². The summed E-state index contributed by atoms with van der Waals surface area (Å²) in [4.78, 5) is 36.9. The molecule has 1 aromatic carbocycles. The Labute approximate surface area is 164 Å². The summed E-state index contributed by atoms with van der Waals surface area (Å²) >= 11 is 0. The number of amides is 3. The predicted octanol–water partition coefficient (Wildman–Crippen LogP) is 2.17. The molecule has 146 valence electrons. The van der Waals surface area contributed by atoms with E-state index in [9.17, 15) is 14.4 Å². The Morgan fingerprint density at radius 2 is 1.70 bits per heavy atom.